The van der Waals surface area contributed by atoms with Gasteiger partial charge in [-0.25, -0.2) is 0 Å². The van der Waals surface area contributed by atoms with Crippen molar-refractivity contribution < 1.29 is 4.74 Å². The third kappa shape index (κ3) is 1.85. The molecule has 2 unspecified atom stereocenters. The summed E-state index contributed by atoms with van der Waals surface area (Å²) < 4.78 is 6.07. The van der Waals surface area contributed by atoms with E-state index >= 15 is 0 Å². The lowest BCUT2D eigenvalue weighted by Gasteiger charge is -2.39. The number of aromatic nitrogens is 1. The normalized spacial score (nSPS) is 23.2. The van der Waals surface area contributed by atoms with E-state index in [1.54, 1.807) is 12.3 Å². The summed E-state index contributed by atoms with van der Waals surface area (Å²) in [6.45, 7) is 0. The minimum Gasteiger partial charge on any atom is -0.488 e. The van der Waals surface area contributed by atoms with Gasteiger partial charge in [-0.05, 0) is 42.5 Å². The second-order valence-electron chi connectivity index (χ2n) is 5.57. The molecule has 1 aromatic carbocycles. The Morgan fingerprint density at radius 1 is 1.20 bits per heavy atom. The van der Waals surface area contributed by atoms with Crippen LogP contribution in [-0.4, -0.2) is 11.1 Å². The molecule has 0 spiro atoms. The number of aromatic amines is 1. The van der Waals surface area contributed by atoms with Crippen LogP contribution in [0.5, 0.6) is 5.75 Å². The van der Waals surface area contributed by atoms with Crippen LogP contribution >= 0.6 is 11.6 Å². The Bertz CT molecular complexity index is 737. The fourth-order valence-corrected chi connectivity index (χ4v) is 3.29. The summed E-state index contributed by atoms with van der Waals surface area (Å²) in [5.74, 6) is 1.32. The molecule has 3 nitrogen and oxygen atoms in total. The number of hydrogen-bond acceptors (Lipinski definition) is 2. The predicted molar refractivity (Wildman–Crippen MR) is 78.4 cm³/mol. The molecular formula is C16H14ClNO2. The monoisotopic (exact) mass is 287 g/mol. The van der Waals surface area contributed by atoms with Gasteiger partial charge in [-0.15, -0.1) is 0 Å². The summed E-state index contributed by atoms with van der Waals surface area (Å²) >= 11 is 6.13. The van der Waals surface area contributed by atoms with Crippen molar-refractivity contribution in [3.05, 3.63) is 51.4 Å². The van der Waals surface area contributed by atoms with Gasteiger partial charge in [0, 0.05) is 28.8 Å². The Kier molecular flexibility index (Phi) is 2.64. The highest BCUT2D eigenvalue weighted by molar-refractivity contribution is 6.30. The quantitative estimate of drug-likeness (QED) is 0.807. The van der Waals surface area contributed by atoms with Gasteiger partial charge in [0.25, 0.3) is 0 Å². The van der Waals surface area contributed by atoms with Crippen molar-refractivity contribution in [2.24, 2.45) is 5.92 Å². The zero-order chi connectivity index (χ0) is 13.7. The summed E-state index contributed by atoms with van der Waals surface area (Å²) in [6, 6.07) is 7.52. The first kappa shape index (κ1) is 12.0. The lowest BCUT2D eigenvalue weighted by molar-refractivity contribution is 0.0459. The standard InChI is InChI=1S/C16H14ClNO2/c17-11-3-1-9-5-10-2-4-14(10)20-15-8-18-16(19)7-13(15)12(9)6-11/h1,3,6-8,10,14H,2,4-5H2,(H,18,19). The molecule has 2 heterocycles. The van der Waals surface area contributed by atoms with Crippen LogP contribution < -0.4 is 10.3 Å². The molecule has 1 aliphatic heterocycles. The van der Waals surface area contributed by atoms with Crippen molar-refractivity contribution in [1.82, 2.24) is 4.98 Å². The first-order chi connectivity index (χ1) is 9.70. The van der Waals surface area contributed by atoms with Crippen LogP contribution in [0.3, 0.4) is 0 Å². The third-order valence-electron chi connectivity index (χ3n) is 4.36. The zero-order valence-corrected chi connectivity index (χ0v) is 11.6. The van der Waals surface area contributed by atoms with Crippen LogP contribution in [0, 0.1) is 5.92 Å². The Balaban J connectivity index is 1.97. The maximum absolute atomic E-state index is 11.7. The molecule has 1 aliphatic carbocycles. The van der Waals surface area contributed by atoms with E-state index in [0.717, 1.165) is 29.7 Å². The molecule has 4 heteroatoms. The Labute approximate surface area is 121 Å². The number of fused-ring (bicyclic) bond motifs is 4. The first-order valence-electron chi connectivity index (χ1n) is 6.89. The smallest absolute Gasteiger partial charge is 0.248 e. The van der Waals surface area contributed by atoms with Gasteiger partial charge in [-0.2, -0.15) is 0 Å². The summed E-state index contributed by atoms with van der Waals surface area (Å²) in [4.78, 5) is 14.3. The minimum absolute atomic E-state index is 0.121. The van der Waals surface area contributed by atoms with E-state index in [1.807, 2.05) is 12.1 Å². The van der Waals surface area contributed by atoms with Crippen LogP contribution in [0.2, 0.25) is 5.02 Å². The first-order valence-corrected chi connectivity index (χ1v) is 7.27. The molecule has 1 aromatic heterocycles. The van der Waals surface area contributed by atoms with Gasteiger partial charge in [0.15, 0.2) is 0 Å². The molecule has 20 heavy (non-hydrogen) atoms. The number of benzene rings is 1. The molecule has 4 rings (SSSR count). The number of ether oxygens (including phenoxy) is 1. The van der Waals surface area contributed by atoms with Gasteiger partial charge in [0.1, 0.15) is 11.9 Å². The maximum Gasteiger partial charge on any atom is 0.248 e. The molecule has 1 N–H and O–H groups in total. The van der Waals surface area contributed by atoms with Crippen LogP contribution in [0.25, 0.3) is 11.1 Å². The molecule has 0 bridgehead atoms. The van der Waals surface area contributed by atoms with E-state index in [9.17, 15) is 4.79 Å². The number of H-pyrrole nitrogens is 1. The third-order valence-corrected chi connectivity index (χ3v) is 4.59. The topological polar surface area (TPSA) is 42.1 Å². The second-order valence-corrected chi connectivity index (χ2v) is 6.01. The van der Waals surface area contributed by atoms with E-state index in [4.69, 9.17) is 16.3 Å². The van der Waals surface area contributed by atoms with Crippen LogP contribution in [0.4, 0.5) is 0 Å². The lowest BCUT2D eigenvalue weighted by Crippen LogP contribution is -2.39. The second kappa shape index (κ2) is 4.38. The zero-order valence-electron chi connectivity index (χ0n) is 10.9. The SMILES string of the molecule is O=c1cc2c(c[nH]1)OC1CCC1Cc1ccc(Cl)cc1-2. The molecular weight excluding hydrogens is 274 g/mol. The number of rotatable bonds is 0. The fourth-order valence-electron chi connectivity index (χ4n) is 3.12. The number of pyridine rings is 1. The van der Waals surface area contributed by atoms with E-state index in [-0.39, 0.29) is 11.7 Å². The number of halogens is 1. The Morgan fingerprint density at radius 3 is 2.90 bits per heavy atom. The number of hydrogen-bond donors (Lipinski definition) is 1. The number of nitrogens with one attached hydrogen (secondary N) is 1. The van der Waals surface area contributed by atoms with Crippen molar-refractivity contribution in [2.75, 3.05) is 0 Å². The highest BCUT2D eigenvalue weighted by Gasteiger charge is 2.35. The van der Waals surface area contributed by atoms with Crippen molar-refractivity contribution in [1.29, 1.82) is 0 Å². The van der Waals surface area contributed by atoms with Crippen molar-refractivity contribution >= 4 is 11.6 Å². The van der Waals surface area contributed by atoms with Gasteiger partial charge in [0.05, 0.1) is 0 Å². The highest BCUT2D eigenvalue weighted by atomic mass is 35.5. The fraction of sp³-hybridized carbons (Fsp3) is 0.312. The van der Waals surface area contributed by atoms with Gasteiger partial charge in [-0.3, -0.25) is 4.79 Å². The average molecular weight is 288 g/mol. The average Bonchev–Trinajstić information content (AvgIpc) is 2.42. The molecule has 0 radical (unpaired) electrons. The predicted octanol–water partition coefficient (Wildman–Crippen LogP) is 3.41. The van der Waals surface area contributed by atoms with Crippen LogP contribution in [0.1, 0.15) is 18.4 Å². The van der Waals surface area contributed by atoms with Crippen molar-refractivity contribution in [3.8, 4) is 16.9 Å². The molecule has 1 fully saturated rings. The summed E-state index contributed by atoms with van der Waals surface area (Å²) in [6.07, 6.45) is 5.22. The van der Waals surface area contributed by atoms with Crippen molar-refractivity contribution in [3.63, 3.8) is 0 Å². The van der Waals surface area contributed by atoms with E-state index in [2.05, 4.69) is 11.1 Å². The largest absolute Gasteiger partial charge is 0.488 e. The van der Waals surface area contributed by atoms with Gasteiger partial charge in [0.2, 0.25) is 5.56 Å². The maximum atomic E-state index is 11.7. The molecule has 0 saturated heterocycles. The minimum atomic E-state index is -0.121. The van der Waals surface area contributed by atoms with Gasteiger partial charge < -0.3 is 9.72 Å². The highest BCUT2D eigenvalue weighted by Crippen LogP contribution is 2.42. The molecule has 102 valence electrons. The molecule has 2 atom stereocenters. The van der Waals surface area contributed by atoms with Crippen molar-refractivity contribution in [2.45, 2.75) is 25.4 Å². The van der Waals surface area contributed by atoms with Gasteiger partial charge in [-0.1, -0.05) is 17.7 Å². The van der Waals surface area contributed by atoms with E-state index in [0.29, 0.717) is 10.9 Å². The van der Waals surface area contributed by atoms with E-state index in [1.165, 1.54) is 12.0 Å². The lowest BCUT2D eigenvalue weighted by atomic mass is 9.76. The molecule has 2 aliphatic rings. The van der Waals surface area contributed by atoms with Crippen LogP contribution in [0.15, 0.2) is 35.3 Å². The van der Waals surface area contributed by atoms with Gasteiger partial charge >= 0.3 is 0 Å². The Morgan fingerprint density at radius 2 is 2.10 bits per heavy atom. The summed E-state index contributed by atoms with van der Waals surface area (Å²) in [7, 11) is 0. The molecule has 2 aromatic rings. The Hall–Kier alpha value is -1.74. The molecule has 1 saturated carbocycles. The van der Waals surface area contributed by atoms with Crippen LogP contribution in [-0.2, 0) is 6.42 Å². The van der Waals surface area contributed by atoms with E-state index < -0.39 is 0 Å². The summed E-state index contributed by atoms with van der Waals surface area (Å²) in [5, 5.41) is 0.681. The summed E-state index contributed by atoms with van der Waals surface area (Å²) in [5.41, 5.74) is 2.99. The molecule has 0 amide bonds.